The summed E-state index contributed by atoms with van der Waals surface area (Å²) in [5.74, 6) is 0.816. The molecule has 0 fully saturated rings. The van der Waals surface area contributed by atoms with Crippen LogP contribution < -0.4 is 10.1 Å². The molecule has 0 aliphatic carbocycles. The maximum absolute atomic E-state index is 11.9. The Morgan fingerprint density at radius 1 is 1.26 bits per heavy atom. The van der Waals surface area contributed by atoms with Crippen molar-refractivity contribution in [2.45, 2.75) is 6.92 Å². The maximum Gasteiger partial charge on any atom is 0.262 e. The highest BCUT2D eigenvalue weighted by Crippen LogP contribution is 2.12. The fourth-order valence-electron chi connectivity index (χ4n) is 1.94. The van der Waals surface area contributed by atoms with Gasteiger partial charge in [-0.15, -0.1) is 0 Å². The van der Waals surface area contributed by atoms with E-state index in [9.17, 15) is 4.79 Å². The Bertz CT molecular complexity index is 784. The molecule has 0 aliphatic heterocycles. The number of amides is 1. The quantitative estimate of drug-likeness (QED) is 0.779. The van der Waals surface area contributed by atoms with Gasteiger partial charge in [-0.3, -0.25) is 4.79 Å². The maximum atomic E-state index is 11.9. The first-order chi connectivity index (χ1) is 11.2. The predicted octanol–water partition coefficient (Wildman–Crippen LogP) is 1.99. The number of hydrogen-bond donors (Lipinski definition) is 1. The smallest absolute Gasteiger partial charge is 0.262 e. The summed E-state index contributed by atoms with van der Waals surface area (Å²) >= 11 is 0. The summed E-state index contributed by atoms with van der Waals surface area (Å²) in [6.07, 6.45) is 6.42. The van der Waals surface area contributed by atoms with E-state index in [1.54, 1.807) is 18.5 Å². The second kappa shape index (κ2) is 6.69. The van der Waals surface area contributed by atoms with Crippen molar-refractivity contribution in [1.82, 2.24) is 19.7 Å². The molecule has 7 heteroatoms. The molecule has 0 saturated carbocycles. The van der Waals surface area contributed by atoms with Crippen molar-refractivity contribution in [3.63, 3.8) is 0 Å². The van der Waals surface area contributed by atoms with Crippen molar-refractivity contribution in [3.05, 3.63) is 60.7 Å². The molecule has 0 spiro atoms. The third kappa shape index (κ3) is 3.91. The van der Waals surface area contributed by atoms with E-state index in [0.29, 0.717) is 17.4 Å². The van der Waals surface area contributed by atoms with Gasteiger partial charge in [0.2, 0.25) is 0 Å². The normalized spacial score (nSPS) is 10.3. The van der Waals surface area contributed by atoms with Gasteiger partial charge in [0, 0.05) is 12.4 Å². The van der Waals surface area contributed by atoms with Crippen molar-refractivity contribution in [1.29, 1.82) is 0 Å². The molecular formula is C16H15N5O2. The lowest BCUT2D eigenvalue weighted by Crippen LogP contribution is -2.20. The van der Waals surface area contributed by atoms with Gasteiger partial charge in [-0.05, 0) is 30.7 Å². The minimum Gasteiger partial charge on any atom is -0.484 e. The van der Waals surface area contributed by atoms with Crippen molar-refractivity contribution in [2.24, 2.45) is 0 Å². The highest BCUT2D eigenvalue weighted by Gasteiger charge is 2.06. The third-order valence-electron chi connectivity index (χ3n) is 2.99. The number of ether oxygens (including phenoxy) is 1. The van der Waals surface area contributed by atoms with Crippen LogP contribution in [-0.4, -0.2) is 32.3 Å². The monoisotopic (exact) mass is 309 g/mol. The molecule has 23 heavy (non-hydrogen) atoms. The SMILES string of the molecule is Cc1cccc(OCC(=O)Nc2cnc(-n3cccn3)nc2)c1. The molecular weight excluding hydrogens is 294 g/mol. The molecule has 1 amide bonds. The van der Waals surface area contributed by atoms with Gasteiger partial charge < -0.3 is 10.1 Å². The largest absolute Gasteiger partial charge is 0.484 e. The fourth-order valence-corrected chi connectivity index (χ4v) is 1.94. The van der Waals surface area contributed by atoms with Crippen molar-refractivity contribution < 1.29 is 9.53 Å². The first-order valence-corrected chi connectivity index (χ1v) is 7.02. The number of aryl methyl sites for hydroxylation is 1. The summed E-state index contributed by atoms with van der Waals surface area (Å²) in [6.45, 7) is 1.88. The van der Waals surface area contributed by atoms with Crippen LogP contribution in [0.5, 0.6) is 5.75 Å². The number of nitrogens with one attached hydrogen (secondary N) is 1. The lowest BCUT2D eigenvalue weighted by atomic mass is 10.2. The minimum absolute atomic E-state index is 0.0790. The number of aromatic nitrogens is 4. The summed E-state index contributed by atoms with van der Waals surface area (Å²) in [7, 11) is 0. The second-order valence-corrected chi connectivity index (χ2v) is 4.88. The number of carbonyl (C=O) groups is 1. The van der Waals surface area contributed by atoms with E-state index in [2.05, 4.69) is 20.4 Å². The van der Waals surface area contributed by atoms with Crippen LogP contribution in [0.2, 0.25) is 0 Å². The Balaban J connectivity index is 1.55. The number of carbonyl (C=O) groups excluding carboxylic acids is 1. The lowest BCUT2D eigenvalue weighted by Gasteiger charge is -2.08. The highest BCUT2D eigenvalue weighted by atomic mass is 16.5. The minimum atomic E-state index is -0.276. The third-order valence-corrected chi connectivity index (χ3v) is 2.99. The Morgan fingerprint density at radius 3 is 2.78 bits per heavy atom. The molecule has 116 valence electrons. The molecule has 1 N–H and O–H groups in total. The van der Waals surface area contributed by atoms with Gasteiger partial charge in [0.1, 0.15) is 5.75 Å². The van der Waals surface area contributed by atoms with Crippen LogP contribution in [0.4, 0.5) is 5.69 Å². The zero-order chi connectivity index (χ0) is 16.1. The summed E-state index contributed by atoms with van der Waals surface area (Å²) in [6, 6.07) is 9.30. The van der Waals surface area contributed by atoms with Crippen LogP contribution in [0.1, 0.15) is 5.56 Å². The fraction of sp³-hybridized carbons (Fsp3) is 0.125. The van der Waals surface area contributed by atoms with Gasteiger partial charge in [-0.2, -0.15) is 5.10 Å². The van der Waals surface area contributed by atoms with Crippen LogP contribution in [0.3, 0.4) is 0 Å². The van der Waals surface area contributed by atoms with Crippen LogP contribution in [0.25, 0.3) is 5.95 Å². The Labute approximate surface area is 133 Å². The van der Waals surface area contributed by atoms with E-state index < -0.39 is 0 Å². The topological polar surface area (TPSA) is 81.9 Å². The van der Waals surface area contributed by atoms with Crippen LogP contribution in [0, 0.1) is 6.92 Å². The summed E-state index contributed by atoms with van der Waals surface area (Å²) < 4.78 is 6.97. The molecule has 3 aromatic rings. The Morgan fingerprint density at radius 2 is 2.09 bits per heavy atom. The van der Waals surface area contributed by atoms with E-state index in [-0.39, 0.29) is 12.5 Å². The van der Waals surface area contributed by atoms with Gasteiger partial charge in [-0.25, -0.2) is 14.6 Å². The molecule has 2 aromatic heterocycles. The van der Waals surface area contributed by atoms with Crippen LogP contribution in [-0.2, 0) is 4.79 Å². The van der Waals surface area contributed by atoms with Crippen LogP contribution in [0.15, 0.2) is 55.1 Å². The van der Waals surface area contributed by atoms with Gasteiger partial charge in [0.15, 0.2) is 6.61 Å². The van der Waals surface area contributed by atoms with Crippen molar-refractivity contribution in [3.8, 4) is 11.7 Å². The Kier molecular flexibility index (Phi) is 4.28. The number of nitrogens with zero attached hydrogens (tertiary/aromatic N) is 4. The highest BCUT2D eigenvalue weighted by molar-refractivity contribution is 5.91. The molecule has 3 rings (SSSR count). The number of anilines is 1. The van der Waals surface area contributed by atoms with E-state index in [4.69, 9.17) is 4.74 Å². The molecule has 2 heterocycles. The molecule has 0 atom stereocenters. The summed E-state index contributed by atoms with van der Waals surface area (Å²) in [5, 5.41) is 6.71. The molecule has 0 unspecified atom stereocenters. The average Bonchev–Trinajstić information content (AvgIpc) is 3.08. The van der Waals surface area contributed by atoms with E-state index in [1.165, 1.54) is 17.1 Å². The number of hydrogen-bond acceptors (Lipinski definition) is 5. The molecule has 0 bridgehead atoms. The molecule has 1 aromatic carbocycles. The van der Waals surface area contributed by atoms with E-state index >= 15 is 0 Å². The zero-order valence-corrected chi connectivity index (χ0v) is 12.5. The van der Waals surface area contributed by atoms with E-state index in [0.717, 1.165) is 5.56 Å². The Hall–Kier alpha value is -3.22. The number of rotatable bonds is 5. The van der Waals surface area contributed by atoms with Gasteiger partial charge >= 0.3 is 0 Å². The lowest BCUT2D eigenvalue weighted by molar-refractivity contribution is -0.118. The molecule has 0 radical (unpaired) electrons. The van der Waals surface area contributed by atoms with Gasteiger partial charge in [0.05, 0.1) is 18.1 Å². The average molecular weight is 309 g/mol. The van der Waals surface area contributed by atoms with Crippen molar-refractivity contribution >= 4 is 11.6 Å². The van der Waals surface area contributed by atoms with Crippen molar-refractivity contribution in [2.75, 3.05) is 11.9 Å². The summed E-state index contributed by atoms with van der Waals surface area (Å²) in [4.78, 5) is 20.2. The van der Waals surface area contributed by atoms with Crippen LogP contribution >= 0.6 is 0 Å². The summed E-state index contributed by atoms with van der Waals surface area (Å²) in [5.41, 5.74) is 1.57. The molecule has 0 saturated heterocycles. The van der Waals surface area contributed by atoms with E-state index in [1.807, 2.05) is 31.2 Å². The first kappa shape index (κ1) is 14.7. The molecule has 7 nitrogen and oxygen atoms in total. The van der Waals surface area contributed by atoms with Gasteiger partial charge in [-0.1, -0.05) is 12.1 Å². The second-order valence-electron chi connectivity index (χ2n) is 4.88. The molecule has 0 aliphatic rings. The zero-order valence-electron chi connectivity index (χ0n) is 12.5. The number of benzene rings is 1. The standard InChI is InChI=1S/C16H15N5O2/c1-12-4-2-5-14(8-12)23-11-15(22)20-13-9-17-16(18-10-13)21-7-3-6-19-21/h2-10H,11H2,1H3,(H,20,22). The first-order valence-electron chi connectivity index (χ1n) is 7.02. The predicted molar refractivity (Wildman–Crippen MR) is 84.5 cm³/mol. The van der Waals surface area contributed by atoms with Gasteiger partial charge in [0.25, 0.3) is 11.9 Å².